The third kappa shape index (κ3) is 3.73. The van der Waals surface area contributed by atoms with Gasteiger partial charge in [0.15, 0.2) is 5.82 Å². The second kappa shape index (κ2) is 7.05. The van der Waals surface area contributed by atoms with E-state index in [-0.39, 0.29) is 12.1 Å². The van der Waals surface area contributed by atoms with Crippen molar-refractivity contribution in [3.63, 3.8) is 0 Å². The predicted octanol–water partition coefficient (Wildman–Crippen LogP) is 0.229. The smallest absolute Gasteiger partial charge is 0.267 e. The second-order valence-corrected chi connectivity index (χ2v) is 6.24. The van der Waals surface area contributed by atoms with Gasteiger partial charge in [0.05, 0.1) is 0 Å². The van der Waals surface area contributed by atoms with Crippen molar-refractivity contribution in [3.05, 3.63) is 41.6 Å². The number of hydrogen-bond donors (Lipinski definition) is 3. The number of benzene rings is 1. The van der Waals surface area contributed by atoms with E-state index in [4.69, 9.17) is 5.73 Å². The quantitative estimate of drug-likeness (QED) is 0.670. The number of likely N-dealkylation sites (tertiary alicyclic amines) is 1. The predicted molar refractivity (Wildman–Crippen MR) is 99.6 cm³/mol. The summed E-state index contributed by atoms with van der Waals surface area (Å²) in [6.07, 6.45) is 0.268. The summed E-state index contributed by atoms with van der Waals surface area (Å²) >= 11 is 0. The Morgan fingerprint density at radius 1 is 1.37 bits per heavy atom. The van der Waals surface area contributed by atoms with Crippen LogP contribution in [0, 0.1) is 11.8 Å². The minimum absolute atomic E-state index is 0.0923. The van der Waals surface area contributed by atoms with Crippen LogP contribution in [-0.4, -0.2) is 58.0 Å². The van der Waals surface area contributed by atoms with Gasteiger partial charge in [-0.1, -0.05) is 24.0 Å². The molecule has 0 spiro atoms. The Bertz CT molecular complexity index is 979. The summed E-state index contributed by atoms with van der Waals surface area (Å²) in [4.78, 5) is 33.5. The van der Waals surface area contributed by atoms with Crippen molar-refractivity contribution in [2.24, 2.45) is 5.73 Å². The normalized spacial score (nSPS) is 18.8. The Kier molecular flexibility index (Phi) is 4.79. The molecule has 1 unspecified atom stereocenters. The number of carbonyl (C=O) groups excluding carboxylic acids is 2. The fourth-order valence-electron chi connectivity index (χ4n) is 2.71. The van der Waals surface area contributed by atoms with Crippen LogP contribution < -0.4 is 11.1 Å². The van der Waals surface area contributed by atoms with Crippen molar-refractivity contribution in [1.29, 1.82) is 0 Å². The topological polar surface area (TPSA) is 121 Å². The third-order valence-corrected chi connectivity index (χ3v) is 4.28. The zero-order chi connectivity index (χ0) is 19.6. The van der Waals surface area contributed by atoms with Crippen molar-refractivity contribution in [2.45, 2.75) is 12.0 Å². The number of aliphatic hydroxyl groups is 1. The van der Waals surface area contributed by atoms with Gasteiger partial charge in [-0.05, 0) is 12.1 Å². The lowest BCUT2D eigenvalue weighted by Gasteiger charge is -2.13. The number of amides is 2. The van der Waals surface area contributed by atoms with E-state index in [9.17, 15) is 14.7 Å². The van der Waals surface area contributed by atoms with E-state index in [1.54, 1.807) is 38.4 Å². The maximum atomic E-state index is 12.0. The number of carbonyl (C=O) groups is 2. The van der Waals surface area contributed by atoms with Gasteiger partial charge in [0.25, 0.3) is 11.8 Å². The molecule has 1 fully saturated rings. The molecule has 1 aromatic carbocycles. The molecule has 138 valence electrons. The molecule has 1 aliphatic rings. The first-order chi connectivity index (χ1) is 12.8. The summed E-state index contributed by atoms with van der Waals surface area (Å²) in [5.74, 6) is 5.23. The highest BCUT2D eigenvalue weighted by molar-refractivity contribution is 5.92. The van der Waals surface area contributed by atoms with Gasteiger partial charge in [-0.3, -0.25) is 9.59 Å². The molecule has 2 heterocycles. The fraction of sp³-hybridized carbons (Fsp3) is 0.263. The van der Waals surface area contributed by atoms with Crippen LogP contribution in [0.5, 0.6) is 0 Å². The van der Waals surface area contributed by atoms with E-state index in [2.05, 4.69) is 27.1 Å². The van der Waals surface area contributed by atoms with Crippen LogP contribution in [0.2, 0.25) is 0 Å². The number of hydrogen-bond acceptors (Lipinski definition) is 6. The number of anilines is 1. The minimum Gasteiger partial charge on any atom is -0.373 e. The standard InChI is InChI=1S/C19H19N5O3/c1-21-15-11-14(16(20)25)22-17(23-15)13-5-3-4-12(10-13)6-7-19(27)8-9-24(2)18(19)26/h3-5,10-11,27H,8-9H2,1-2H3,(H2,20,25)(H,21,22,23). The van der Waals surface area contributed by atoms with Crippen molar-refractivity contribution in [2.75, 3.05) is 26.0 Å². The molecule has 0 aliphatic carbocycles. The highest BCUT2D eigenvalue weighted by Gasteiger charge is 2.42. The fourth-order valence-corrected chi connectivity index (χ4v) is 2.71. The van der Waals surface area contributed by atoms with Crippen LogP contribution in [0.4, 0.5) is 5.82 Å². The largest absolute Gasteiger partial charge is 0.373 e. The number of nitrogens with zero attached hydrogens (tertiary/aromatic N) is 3. The average molecular weight is 365 g/mol. The maximum Gasteiger partial charge on any atom is 0.267 e. The molecule has 1 atom stereocenters. The van der Waals surface area contributed by atoms with E-state index in [0.29, 0.717) is 29.3 Å². The van der Waals surface area contributed by atoms with Gasteiger partial charge in [-0.25, -0.2) is 9.97 Å². The first kappa shape index (κ1) is 18.4. The Hall–Kier alpha value is -3.44. The monoisotopic (exact) mass is 365 g/mol. The lowest BCUT2D eigenvalue weighted by molar-refractivity contribution is -0.137. The zero-order valence-electron chi connectivity index (χ0n) is 15.0. The SMILES string of the molecule is CNc1cc(C(N)=O)nc(-c2cccc(C#CC3(O)CCN(C)C3=O)c2)n1. The van der Waals surface area contributed by atoms with E-state index < -0.39 is 17.4 Å². The highest BCUT2D eigenvalue weighted by atomic mass is 16.3. The van der Waals surface area contributed by atoms with Crippen molar-refractivity contribution in [3.8, 4) is 23.2 Å². The summed E-state index contributed by atoms with van der Waals surface area (Å²) in [5, 5.41) is 13.3. The number of nitrogens with two attached hydrogens (primary N) is 1. The number of primary amides is 1. The van der Waals surface area contributed by atoms with E-state index >= 15 is 0 Å². The number of nitrogens with one attached hydrogen (secondary N) is 1. The van der Waals surface area contributed by atoms with Crippen LogP contribution in [0.1, 0.15) is 22.5 Å². The van der Waals surface area contributed by atoms with Gasteiger partial charge in [0.2, 0.25) is 5.60 Å². The van der Waals surface area contributed by atoms with Gasteiger partial charge in [-0.2, -0.15) is 0 Å². The Labute approximate surface area is 156 Å². The van der Waals surface area contributed by atoms with E-state index in [1.165, 1.54) is 11.0 Å². The zero-order valence-corrected chi connectivity index (χ0v) is 15.0. The third-order valence-electron chi connectivity index (χ3n) is 4.28. The minimum atomic E-state index is -1.66. The molecule has 4 N–H and O–H groups in total. The molecule has 27 heavy (non-hydrogen) atoms. The lowest BCUT2D eigenvalue weighted by Crippen LogP contribution is -2.37. The van der Waals surface area contributed by atoms with Gasteiger partial charge in [0.1, 0.15) is 11.5 Å². The van der Waals surface area contributed by atoms with Crippen LogP contribution in [0.25, 0.3) is 11.4 Å². The number of aromatic nitrogens is 2. The van der Waals surface area contributed by atoms with Crippen molar-refractivity contribution >= 4 is 17.6 Å². The van der Waals surface area contributed by atoms with Gasteiger partial charge >= 0.3 is 0 Å². The molecule has 1 aliphatic heterocycles. The van der Waals surface area contributed by atoms with Crippen LogP contribution in [0.3, 0.4) is 0 Å². The first-order valence-corrected chi connectivity index (χ1v) is 8.30. The molecular weight excluding hydrogens is 346 g/mol. The van der Waals surface area contributed by atoms with Crippen molar-refractivity contribution < 1.29 is 14.7 Å². The average Bonchev–Trinajstić information content (AvgIpc) is 2.94. The van der Waals surface area contributed by atoms with Crippen LogP contribution in [-0.2, 0) is 4.79 Å². The summed E-state index contributed by atoms with van der Waals surface area (Å²) in [5.41, 5.74) is 4.97. The summed E-state index contributed by atoms with van der Waals surface area (Å²) in [7, 11) is 3.31. The van der Waals surface area contributed by atoms with E-state index in [1.807, 2.05) is 0 Å². The Morgan fingerprint density at radius 2 is 2.15 bits per heavy atom. The maximum absolute atomic E-state index is 12.0. The van der Waals surface area contributed by atoms with Gasteiger partial charge < -0.3 is 21.1 Å². The van der Waals surface area contributed by atoms with Crippen molar-refractivity contribution in [1.82, 2.24) is 14.9 Å². The summed E-state index contributed by atoms with van der Waals surface area (Å²) < 4.78 is 0. The molecule has 1 saturated heterocycles. The molecule has 8 nitrogen and oxygen atoms in total. The number of rotatable bonds is 3. The van der Waals surface area contributed by atoms with Gasteiger partial charge in [-0.15, -0.1) is 0 Å². The Morgan fingerprint density at radius 3 is 2.78 bits per heavy atom. The first-order valence-electron chi connectivity index (χ1n) is 8.30. The molecule has 1 aromatic heterocycles. The molecule has 2 aromatic rings. The molecule has 0 radical (unpaired) electrons. The summed E-state index contributed by atoms with van der Waals surface area (Å²) in [6, 6.07) is 8.46. The summed E-state index contributed by atoms with van der Waals surface area (Å²) in [6.45, 7) is 0.463. The molecule has 0 saturated carbocycles. The second-order valence-electron chi connectivity index (χ2n) is 6.24. The molecule has 2 amide bonds. The number of likely N-dealkylation sites (N-methyl/N-ethyl adjacent to an activating group) is 1. The highest BCUT2D eigenvalue weighted by Crippen LogP contribution is 2.22. The molecule has 8 heteroatoms. The molecular formula is C19H19N5O3. The van der Waals surface area contributed by atoms with Gasteiger partial charge in [0, 0.05) is 44.3 Å². The lowest BCUT2D eigenvalue weighted by atomic mass is 10.0. The molecule has 3 rings (SSSR count). The van der Waals surface area contributed by atoms with E-state index in [0.717, 1.165) is 0 Å². The Balaban J connectivity index is 1.96. The molecule has 0 bridgehead atoms. The van der Waals surface area contributed by atoms with Crippen LogP contribution in [0.15, 0.2) is 30.3 Å². The van der Waals surface area contributed by atoms with Crippen LogP contribution >= 0.6 is 0 Å².